The molecule has 0 aromatic heterocycles. The number of allylic oxidation sites excluding steroid dienone is 3. The van der Waals surface area contributed by atoms with Crippen molar-refractivity contribution in [2.45, 2.75) is 39.2 Å². The molecule has 2 aromatic carbocycles. The van der Waals surface area contributed by atoms with Crippen molar-refractivity contribution in [1.29, 1.82) is 5.26 Å². The lowest BCUT2D eigenvalue weighted by atomic mass is 9.68. The molecule has 0 bridgehead atoms. The van der Waals surface area contributed by atoms with Crippen molar-refractivity contribution in [3.8, 4) is 11.8 Å². The normalized spacial score (nSPS) is 19.1. The van der Waals surface area contributed by atoms with Crippen LogP contribution in [0, 0.1) is 23.9 Å². The van der Waals surface area contributed by atoms with Gasteiger partial charge in [0.25, 0.3) is 0 Å². The van der Waals surface area contributed by atoms with Crippen LogP contribution >= 0.6 is 61.1 Å². The van der Waals surface area contributed by atoms with Crippen LogP contribution in [0.25, 0.3) is 0 Å². The summed E-state index contributed by atoms with van der Waals surface area (Å²) >= 11 is 7.99. The van der Waals surface area contributed by atoms with Gasteiger partial charge in [-0.2, -0.15) is 5.26 Å². The molecule has 0 radical (unpaired) electrons. The molecule has 194 valence electrons. The first-order chi connectivity index (χ1) is 17.6. The zero-order chi connectivity index (χ0) is 26.9. The van der Waals surface area contributed by atoms with Crippen LogP contribution in [0.5, 0.6) is 5.75 Å². The van der Waals surface area contributed by atoms with E-state index < -0.39 is 5.92 Å². The molecule has 2 aliphatic rings. The van der Waals surface area contributed by atoms with Gasteiger partial charge >= 0.3 is 0 Å². The highest BCUT2D eigenvalue weighted by atomic mass is 127. The summed E-state index contributed by atoms with van der Waals surface area (Å²) in [4.78, 5) is 15.5. The van der Waals surface area contributed by atoms with Crippen LogP contribution in [0.2, 0.25) is 0 Å². The molecule has 0 unspecified atom stereocenters. The van der Waals surface area contributed by atoms with Crippen molar-refractivity contribution in [2.75, 3.05) is 20.3 Å². The van der Waals surface area contributed by atoms with Crippen LogP contribution in [0.1, 0.15) is 43.7 Å². The fourth-order valence-electron chi connectivity index (χ4n) is 4.97. The minimum absolute atomic E-state index is 0.0690. The van der Waals surface area contributed by atoms with Gasteiger partial charge in [-0.1, -0.05) is 41.9 Å². The summed E-state index contributed by atoms with van der Waals surface area (Å²) < 4.78 is 14.4. The standard InChI is InChI=1S/C28H28BrI2N3O3/c1-28(2)12-22-25(23(35)13-28)24(19(14-32)27(33)34(22)8-9-36-3)17-10-20(30)26(21(31)11-17)37-15-16-4-6-18(29)7-5-16/h4-7,10-11,24H,8-9,12-13,15,33H2,1-3H3/t24-/m0/s1. The third kappa shape index (κ3) is 6.02. The van der Waals surface area contributed by atoms with E-state index in [0.29, 0.717) is 49.6 Å². The average molecular weight is 788 g/mol. The van der Waals surface area contributed by atoms with Gasteiger partial charge in [-0.05, 0) is 92.4 Å². The van der Waals surface area contributed by atoms with Gasteiger partial charge in [0.15, 0.2) is 5.78 Å². The maximum atomic E-state index is 13.6. The Morgan fingerprint density at radius 2 is 1.84 bits per heavy atom. The van der Waals surface area contributed by atoms with Crippen molar-refractivity contribution >= 4 is 66.9 Å². The van der Waals surface area contributed by atoms with Crippen LogP contribution in [0.3, 0.4) is 0 Å². The maximum Gasteiger partial charge on any atom is 0.162 e. The molecule has 4 rings (SSSR count). The second-order valence-corrected chi connectivity index (χ2v) is 13.3. The number of benzene rings is 2. The number of halogens is 3. The smallest absolute Gasteiger partial charge is 0.162 e. The summed E-state index contributed by atoms with van der Waals surface area (Å²) in [6, 6.07) is 14.4. The summed E-state index contributed by atoms with van der Waals surface area (Å²) in [5.74, 6) is 0.741. The number of ketones is 1. The summed E-state index contributed by atoms with van der Waals surface area (Å²) in [5.41, 5.74) is 10.3. The summed E-state index contributed by atoms with van der Waals surface area (Å²) in [6.45, 7) is 5.56. The van der Waals surface area contributed by atoms with Crippen LogP contribution < -0.4 is 10.5 Å². The molecule has 1 atom stereocenters. The quantitative estimate of drug-likeness (QED) is 0.318. The number of carbonyl (C=O) groups excluding carboxylic acids is 1. The fraction of sp³-hybridized carbons (Fsp3) is 0.357. The van der Waals surface area contributed by atoms with Gasteiger partial charge in [0.1, 0.15) is 18.2 Å². The first kappa shape index (κ1) is 28.4. The van der Waals surface area contributed by atoms with E-state index in [2.05, 4.69) is 81.0 Å². The number of nitrogens with zero attached hydrogens (tertiary/aromatic N) is 2. The molecule has 2 aromatic rings. The average Bonchev–Trinajstić information content (AvgIpc) is 2.82. The lowest BCUT2D eigenvalue weighted by molar-refractivity contribution is -0.118. The van der Waals surface area contributed by atoms with E-state index in [1.165, 1.54) is 0 Å². The predicted molar refractivity (Wildman–Crippen MR) is 164 cm³/mol. The van der Waals surface area contributed by atoms with Gasteiger partial charge in [0.05, 0.1) is 31.3 Å². The van der Waals surface area contributed by atoms with Crippen molar-refractivity contribution in [3.63, 3.8) is 0 Å². The highest BCUT2D eigenvalue weighted by molar-refractivity contribution is 14.1. The Kier molecular flexibility index (Phi) is 8.93. The van der Waals surface area contributed by atoms with Gasteiger partial charge in [0, 0.05) is 35.8 Å². The third-order valence-corrected chi connectivity index (χ3v) is 8.79. The number of carbonyl (C=O) groups is 1. The lowest BCUT2D eigenvalue weighted by Gasteiger charge is -2.43. The number of hydrogen-bond donors (Lipinski definition) is 1. The molecule has 2 N–H and O–H groups in total. The summed E-state index contributed by atoms with van der Waals surface area (Å²) in [6.07, 6.45) is 1.14. The number of methoxy groups -OCH3 is 1. The summed E-state index contributed by atoms with van der Waals surface area (Å²) in [7, 11) is 1.63. The molecule has 0 amide bonds. The van der Waals surface area contributed by atoms with E-state index in [1.54, 1.807) is 7.11 Å². The van der Waals surface area contributed by atoms with Gasteiger partial charge in [0.2, 0.25) is 0 Å². The van der Waals surface area contributed by atoms with Crippen LogP contribution in [0.4, 0.5) is 0 Å². The Morgan fingerprint density at radius 1 is 1.19 bits per heavy atom. The van der Waals surface area contributed by atoms with Crippen LogP contribution in [-0.4, -0.2) is 30.9 Å². The molecule has 6 nitrogen and oxygen atoms in total. The molecular weight excluding hydrogens is 760 g/mol. The molecule has 0 spiro atoms. The molecule has 1 heterocycles. The van der Waals surface area contributed by atoms with Gasteiger partial charge in [-0.25, -0.2) is 0 Å². The van der Waals surface area contributed by atoms with E-state index in [9.17, 15) is 10.1 Å². The lowest BCUT2D eigenvalue weighted by Crippen LogP contribution is -2.43. The Labute approximate surface area is 253 Å². The zero-order valence-electron chi connectivity index (χ0n) is 20.9. The summed E-state index contributed by atoms with van der Waals surface area (Å²) in [5, 5.41) is 10.2. The van der Waals surface area contributed by atoms with E-state index in [-0.39, 0.29) is 11.2 Å². The van der Waals surface area contributed by atoms with Crippen LogP contribution in [-0.2, 0) is 16.1 Å². The first-order valence-electron chi connectivity index (χ1n) is 11.8. The van der Waals surface area contributed by atoms with Gasteiger partial charge in [-0.15, -0.1) is 0 Å². The van der Waals surface area contributed by atoms with Crippen LogP contribution in [0.15, 0.2) is 63.5 Å². The fourth-order valence-corrected chi connectivity index (χ4v) is 7.36. The number of nitriles is 1. The molecule has 0 fully saturated rings. The van der Waals surface area contributed by atoms with Gasteiger partial charge in [-0.3, -0.25) is 4.79 Å². The second-order valence-electron chi connectivity index (χ2n) is 10.0. The number of nitrogens with two attached hydrogens (primary N) is 1. The zero-order valence-corrected chi connectivity index (χ0v) is 26.8. The van der Waals surface area contributed by atoms with Crippen molar-refractivity contribution in [1.82, 2.24) is 4.90 Å². The SMILES string of the molecule is COCCN1C(N)=C(C#N)[C@H](c2cc(I)c(OCc3ccc(Br)cc3)c(I)c2)C2=C1CC(C)(C)CC2=O. The monoisotopic (exact) mass is 787 g/mol. The van der Waals surface area contributed by atoms with Gasteiger partial charge < -0.3 is 20.1 Å². The highest BCUT2D eigenvalue weighted by Gasteiger charge is 2.44. The van der Waals surface area contributed by atoms with E-state index in [4.69, 9.17) is 15.2 Å². The van der Waals surface area contributed by atoms with Crippen molar-refractivity contribution in [2.24, 2.45) is 11.1 Å². The number of hydrogen-bond acceptors (Lipinski definition) is 6. The van der Waals surface area contributed by atoms with E-state index in [1.807, 2.05) is 41.3 Å². The molecule has 9 heteroatoms. The Bertz CT molecular complexity index is 1310. The molecule has 0 saturated heterocycles. The Morgan fingerprint density at radius 3 is 2.43 bits per heavy atom. The third-order valence-electron chi connectivity index (χ3n) is 6.66. The Balaban J connectivity index is 1.76. The molecular formula is C28H28BrI2N3O3. The molecule has 1 aliphatic carbocycles. The maximum absolute atomic E-state index is 13.6. The second kappa shape index (κ2) is 11.6. The molecule has 0 saturated carbocycles. The minimum atomic E-state index is -0.509. The number of rotatable bonds is 7. The van der Waals surface area contributed by atoms with Crippen molar-refractivity contribution in [3.05, 3.63) is 81.8 Å². The Hall–Kier alpha value is -1.62. The van der Waals surface area contributed by atoms with E-state index in [0.717, 1.165) is 34.2 Å². The molecule has 37 heavy (non-hydrogen) atoms. The first-order valence-corrected chi connectivity index (χ1v) is 14.8. The van der Waals surface area contributed by atoms with Crippen molar-refractivity contribution < 1.29 is 14.3 Å². The number of Topliss-reactive ketones (excluding diaryl/α,β-unsaturated/α-hetero) is 1. The highest BCUT2D eigenvalue weighted by Crippen LogP contribution is 2.49. The van der Waals surface area contributed by atoms with E-state index >= 15 is 0 Å². The topological polar surface area (TPSA) is 88.6 Å². The largest absolute Gasteiger partial charge is 0.487 e. The number of ether oxygens (including phenoxy) is 2. The minimum Gasteiger partial charge on any atom is -0.487 e. The predicted octanol–water partition coefficient (Wildman–Crippen LogP) is 6.62. The molecule has 1 aliphatic heterocycles.